The predicted molar refractivity (Wildman–Crippen MR) is 211 cm³/mol. The maximum atomic E-state index is 6.27. The van der Waals surface area contributed by atoms with Crippen molar-refractivity contribution in [2.45, 2.75) is 0 Å². The van der Waals surface area contributed by atoms with Crippen LogP contribution in [0.4, 0.5) is 17.1 Å². The van der Waals surface area contributed by atoms with E-state index in [2.05, 4.69) is 161 Å². The van der Waals surface area contributed by atoms with Gasteiger partial charge in [-0.05, 0) is 95.4 Å². The van der Waals surface area contributed by atoms with Gasteiger partial charge in [-0.1, -0.05) is 109 Å². The maximum Gasteiger partial charge on any atom is 0.227 e. The average molecular weight is 654 g/mol. The Labute approximate surface area is 295 Å². The van der Waals surface area contributed by atoms with Crippen molar-refractivity contribution in [2.75, 3.05) is 4.90 Å². The zero-order valence-corrected chi connectivity index (χ0v) is 27.6. The normalized spacial score (nSPS) is 11.5. The summed E-state index contributed by atoms with van der Waals surface area (Å²) in [7, 11) is 0. The molecule has 0 saturated carbocycles. The summed E-state index contributed by atoms with van der Waals surface area (Å²) in [4.78, 5) is 7.35. The van der Waals surface area contributed by atoms with E-state index in [1.807, 2.05) is 36.4 Å². The van der Waals surface area contributed by atoms with Crippen LogP contribution in [-0.4, -0.2) is 9.55 Å². The molecular formula is C47H31N3O. The smallest absolute Gasteiger partial charge is 0.227 e. The lowest BCUT2D eigenvalue weighted by Gasteiger charge is -2.26. The van der Waals surface area contributed by atoms with E-state index in [4.69, 9.17) is 9.40 Å². The summed E-state index contributed by atoms with van der Waals surface area (Å²) in [6.07, 6.45) is 0. The van der Waals surface area contributed by atoms with Gasteiger partial charge >= 0.3 is 0 Å². The number of fused-ring (bicyclic) bond motifs is 6. The van der Waals surface area contributed by atoms with Crippen LogP contribution < -0.4 is 4.90 Å². The van der Waals surface area contributed by atoms with Crippen molar-refractivity contribution in [1.82, 2.24) is 9.55 Å². The van der Waals surface area contributed by atoms with Gasteiger partial charge in [0.15, 0.2) is 5.58 Å². The fourth-order valence-electron chi connectivity index (χ4n) is 7.48. The lowest BCUT2D eigenvalue weighted by Crippen LogP contribution is -2.09. The van der Waals surface area contributed by atoms with Gasteiger partial charge in [0.1, 0.15) is 5.52 Å². The fourth-order valence-corrected chi connectivity index (χ4v) is 7.48. The van der Waals surface area contributed by atoms with E-state index in [1.54, 1.807) is 0 Å². The van der Waals surface area contributed by atoms with Crippen LogP contribution in [0.2, 0.25) is 0 Å². The third kappa shape index (κ3) is 4.88. The molecule has 0 aliphatic heterocycles. The molecule has 0 N–H and O–H groups in total. The molecule has 0 atom stereocenters. The van der Waals surface area contributed by atoms with E-state index in [9.17, 15) is 0 Å². The molecule has 0 amide bonds. The van der Waals surface area contributed by atoms with Gasteiger partial charge < -0.3 is 13.9 Å². The van der Waals surface area contributed by atoms with Crippen LogP contribution in [0.3, 0.4) is 0 Å². The van der Waals surface area contributed by atoms with Gasteiger partial charge in [0.05, 0.1) is 11.0 Å². The molecule has 0 aliphatic rings. The second-order valence-corrected chi connectivity index (χ2v) is 12.8. The molecule has 0 unspecified atom stereocenters. The number of benzene rings is 8. The molecule has 10 rings (SSSR count). The summed E-state index contributed by atoms with van der Waals surface area (Å²) in [5, 5.41) is 4.67. The number of oxazole rings is 1. The van der Waals surface area contributed by atoms with Crippen molar-refractivity contribution < 1.29 is 4.42 Å². The molecule has 4 nitrogen and oxygen atoms in total. The first-order chi connectivity index (χ1) is 25.3. The molecule has 10 aromatic rings. The van der Waals surface area contributed by atoms with E-state index in [0.29, 0.717) is 5.89 Å². The maximum absolute atomic E-state index is 6.27. The van der Waals surface area contributed by atoms with Crippen LogP contribution in [0.25, 0.3) is 71.9 Å². The van der Waals surface area contributed by atoms with E-state index in [1.165, 1.54) is 21.8 Å². The van der Waals surface area contributed by atoms with Crippen LogP contribution in [0, 0.1) is 0 Å². The minimum Gasteiger partial charge on any atom is -0.436 e. The monoisotopic (exact) mass is 653 g/mol. The van der Waals surface area contributed by atoms with Crippen LogP contribution in [0.15, 0.2) is 192 Å². The first-order valence-electron chi connectivity index (χ1n) is 17.2. The third-order valence-electron chi connectivity index (χ3n) is 9.80. The molecule has 0 saturated heterocycles. The number of hydrogen-bond acceptors (Lipinski definition) is 3. The molecular weight excluding hydrogens is 623 g/mol. The SMILES string of the molecule is c1ccc(-c2nc3c(ccc4cccc(-c5ccc(N(c6ccccc6)c6ccc7c(c6)c6ccccc6n7-c6ccccc6)cc5)c43)o2)cc1. The van der Waals surface area contributed by atoms with E-state index in [-0.39, 0.29) is 0 Å². The van der Waals surface area contributed by atoms with Crippen LogP contribution >= 0.6 is 0 Å². The Balaban J connectivity index is 1.10. The number of nitrogens with zero attached hydrogens (tertiary/aromatic N) is 3. The second kappa shape index (κ2) is 11.9. The Morgan fingerprint density at radius 2 is 1.14 bits per heavy atom. The Bertz CT molecular complexity index is 2840. The Hall–Kier alpha value is -6.91. The van der Waals surface area contributed by atoms with Gasteiger partial charge in [-0.2, -0.15) is 0 Å². The predicted octanol–water partition coefficient (Wildman–Crippen LogP) is 12.9. The molecule has 0 fully saturated rings. The number of para-hydroxylation sites is 3. The van der Waals surface area contributed by atoms with Gasteiger partial charge in [-0.15, -0.1) is 0 Å². The zero-order chi connectivity index (χ0) is 33.7. The van der Waals surface area contributed by atoms with Crippen molar-refractivity contribution in [3.8, 4) is 28.3 Å². The van der Waals surface area contributed by atoms with Gasteiger partial charge in [0, 0.05) is 44.5 Å². The van der Waals surface area contributed by atoms with Crippen molar-refractivity contribution in [3.63, 3.8) is 0 Å². The Morgan fingerprint density at radius 1 is 0.471 bits per heavy atom. The first-order valence-corrected chi connectivity index (χ1v) is 17.2. The topological polar surface area (TPSA) is 34.2 Å². The fraction of sp³-hybridized carbons (Fsp3) is 0. The average Bonchev–Trinajstić information content (AvgIpc) is 3.79. The minimum atomic E-state index is 0.630. The quantitative estimate of drug-likeness (QED) is 0.179. The minimum absolute atomic E-state index is 0.630. The van der Waals surface area contributed by atoms with Gasteiger partial charge in [-0.3, -0.25) is 0 Å². The molecule has 0 aliphatic carbocycles. The second-order valence-electron chi connectivity index (χ2n) is 12.8. The number of aromatic nitrogens is 2. The molecule has 51 heavy (non-hydrogen) atoms. The van der Waals surface area contributed by atoms with Crippen molar-refractivity contribution in [3.05, 3.63) is 188 Å². The molecule has 2 aromatic heterocycles. The van der Waals surface area contributed by atoms with Gasteiger partial charge in [0.2, 0.25) is 5.89 Å². The highest BCUT2D eigenvalue weighted by Gasteiger charge is 2.19. The largest absolute Gasteiger partial charge is 0.436 e. The standard InChI is InChI=1S/C47H31N3O/c1-4-13-34(14-5-1)47-48-46-44(51-47)30-25-33-15-12-21-39(45(33)46)32-23-26-37(27-24-32)49(35-16-6-2-7-17-35)38-28-29-43-41(31-38)40-20-10-11-22-42(40)50(43)36-18-8-3-9-19-36/h1-31H. The summed E-state index contributed by atoms with van der Waals surface area (Å²) in [5.41, 5.74) is 11.7. The van der Waals surface area contributed by atoms with E-state index < -0.39 is 0 Å². The van der Waals surface area contributed by atoms with Crippen LogP contribution in [0.1, 0.15) is 0 Å². The van der Waals surface area contributed by atoms with Crippen molar-refractivity contribution in [1.29, 1.82) is 0 Å². The molecule has 4 heteroatoms. The lowest BCUT2D eigenvalue weighted by molar-refractivity contribution is 0.620. The highest BCUT2D eigenvalue weighted by molar-refractivity contribution is 6.12. The van der Waals surface area contributed by atoms with Gasteiger partial charge in [0.25, 0.3) is 0 Å². The summed E-state index contributed by atoms with van der Waals surface area (Å²) >= 11 is 0. The molecule has 2 heterocycles. The van der Waals surface area contributed by atoms with Crippen molar-refractivity contribution in [2.24, 2.45) is 0 Å². The van der Waals surface area contributed by atoms with Crippen LogP contribution in [-0.2, 0) is 0 Å². The van der Waals surface area contributed by atoms with E-state index in [0.717, 1.165) is 61.3 Å². The first kappa shape index (κ1) is 29.0. The summed E-state index contributed by atoms with van der Waals surface area (Å²) < 4.78 is 8.62. The summed E-state index contributed by atoms with van der Waals surface area (Å²) in [6.45, 7) is 0. The zero-order valence-electron chi connectivity index (χ0n) is 27.6. The number of hydrogen-bond donors (Lipinski definition) is 0. The Kier molecular flexibility index (Phi) is 6.78. The van der Waals surface area contributed by atoms with E-state index >= 15 is 0 Å². The Morgan fingerprint density at radius 3 is 1.94 bits per heavy atom. The lowest BCUT2D eigenvalue weighted by atomic mass is 9.97. The highest BCUT2D eigenvalue weighted by atomic mass is 16.3. The molecule has 0 spiro atoms. The van der Waals surface area contributed by atoms with Crippen molar-refractivity contribution >= 4 is 60.7 Å². The molecule has 0 radical (unpaired) electrons. The molecule has 240 valence electrons. The number of anilines is 3. The number of rotatable bonds is 6. The summed E-state index contributed by atoms with van der Waals surface area (Å²) in [5.74, 6) is 0.630. The molecule has 8 aromatic carbocycles. The molecule has 0 bridgehead atoms. The van der Waals surface area contributed by atoms with Gasteiger partial charge in [-0.25, -0.2) is 4.98 Å². The van der Waals surface area contributed by atoms with Crippen LogP contribution in [0.5, 0.6) is 0 Å². The summed E-state index contributed by atoms with van der Waals surface area (Å²) in [6, 6.07) is 66.2. The highest BCUT2D eigenvalue weighted by Crippen LogP contribution is 2.41. The third-order valence-corrected chi connectivity index (χ3v) is 9.80.